The van der Waals surface area contributed by atoms with Crippen molar-refractivity contribution in [3.8, 4) is 0 Å². The molecule has 0 aliphatic rings. The monoisotopic (exact) mass is 352 g/mol. The zero-order valence-corrected chi connectivity index (χ0v) is 13.9. The van der Waals surface area contributed by atoms with Gasteiger partial charge in [-0.1, -0.05) is 12.1 Å². The lowest BCUT2D eigenvalue weighted by atomic mass is 10.0. The molecule has 0 fully saturated rings. The fourth-order valence-corrected chi connectivity index (χ4v) is 3.18. The minimum absolute atomic E-state index is 0.0591. The minimum atomic E-state index is -4.68. The Morgan fingerprint density at radius 3 is 2.21 bits per heavy atom. The van der Waals surface area contributed by atoms with Gasteiger partial charge in [-0.15, -0.1) is 0 Å². The number of ether oxygens (including phenoxy) is 2. The van der Waals surface area contributed by atoms with Gasteiger partial charge in [-0.2, -0.15) is 8.42 Å². The molecule has 0 bridgehead atoms. The van der Waals surface area contributed by atoms with Crippen molar-refractivity contribution in [3.63, 3.8) is 0 Å². The third-order valence-electron chi connectivity index (χ3n) is 3.23. The fourth-order valence-electron chi connectivity index (χ4n) is 2.29. The SMILES string of the molecule is CCOC(=O)c1ccc2c(S(=O)(=O)O)c(C(=O)OCC)ccc2c1. The summed E-state index contributed by atoms with van der Waals surface area (Å²) in [6, 6.07) is 6.84. The van der Waals surface area contributed by atoms with Crippen LogP contribution in [0.15, 0.2) is 35.2 Å². The van der Waals surface area contributed by atoms with Crippen molar-refractivity contribution in [2.75, 3.05) is 13.2 Å². The van der Waals surface area contributed by atoms with Crippen molar-refractivity contribution in [2.45, 2.75) is 18.7 Å². The molecule has 1 N–H and O–H groups in total. The molecule has 0 atom stereocenters. The quantitative estimate of drug-likeness (QED) is 0.650. The zero-order valence-electron chi connectivity index (χ0n) is 13.1. The van der Waals surface area contributed by atoms with Crippen molar-refractivity contribution < 1.29 is 32.0 Å². The third-order valence-corrected chi connectivity index (χ3v) is 4.19. The smallest absolute Gasteiger partial charge is 0.339 e. The molecule has 0 aliphatic carbocycles. The van der Waals surface area contributed by atoms with Gasteiger partial charge < -0.3 is 9.47 Å². The highest BCUT2D eigenvalue weighted by Gasteiger charge is 2.25. The molecule has 128 valence electrons. The summed E-state index contributed by atoms with van der Waals surface area (Å²) in [5.74, 6) is -1.41. The lowest BCUT2D eigenvalue weighted by Gasteiger charge is -2.11. The number of carbonyl (C=O) groups is 2. The van der Waals surface area contributed by atoms with Crippen molar-refractivity contribution in [3.05, 3.63) is 41.5 Å². The molecule has 2 aromatic carbocycles. The average molecular weight is 352 g/mol. The summed E-state index contributed by atoms with van der Waals surface area (Å²) >= 11 is 0. The predicted octanol–water partition coefficient (Wildman–Crippen LogP) is 2.44. The molecule has 2 aromatic rings. The summed E-state index contributed by atoms with van der Waals surface area (Å²) in [5.41, 5.74) is -0.0368. The fraction of sp³-hybridized carbons (Fsp3) is 0.250. The Hall–Kier alpha value is -2.45. The van der Waals surface area contributed by atoms with E-state index in [9.17, 15) is 22.6 Å². The Balaban J connectivity index is 2.70. The van der Waals surface area contributed by atoms with E-state index in [1.54, 1.807) is 13.8 Å². The van der Waals surface area contributed by atoms with Crippen LogP contribution in [0, 0.1) is 0 Å². The summed E-state index contributed by atoms with van der Waals surface area (Å²) < 4.78 is 42.7. The number of hydrogen-bond acceptors (Lipinski definition) is 6. The summed E-state index contributed by atoms with van der Waals surface area (Å²) in [5, 5.41) is 0.470. The van der Waals surface area contributed by atoms with Gasteiger partial charge in [0, 0.05) is 5.39 Å². The van der Waals surface area contributed by atoms with Crippen LogP contribution in [0.3, 0.4) is 0 Å². The first-order chi connectivity index (χ1) is 11.3. The molecule has 7 nitrogen and oxygen atoms in total. The average Bonchev–Trinajstić information content (AvgIpc) is 2.52. The lowest BCUT2D eigenvalue weighted by molar-refractivity contribution is 0.0514. The van der Waals surface area contributed by atoms with Gasteiger partial charge in [-0.3, -0.25) is 4.55 Å². The molecule has 0 saturated heterocycles. The summed E-state index contributed by atoms with van der Waals surface area (Å²) in [6.45, 7) is 3.51. The van der Waals surface area contributed by atoms with Crippen LogP contribution in [0.2, 0.25) is 0 Å². The van der Waals surface area contributed by atoms with Crippen LogP contribution in [0.5, 0.6) is 0 Å². The van der Waals surface area contributed by atoms with Gasteiger partial charge in [-0.05, 0) is 37.4 Å². The van der Waals surface area contributed by atoms with E-state index in [2.05, 4.69) is 0 Å². The molecule has 0 aliphatic heterocycles. The second-order valence-corrected chi connectivity index (χ2v) is 6.15. The Morgan fingerprint density at radius 1 is 1.00 bits per heavy atom. The Morgan fingerprint density at radius 2 is 1.62 bits per heavy atom. The van der Waals surface area contributed by atoms with Crippen LogP contribution in [-0.2, 0) is 19.6 Å². The lowest BCUT2D eigenvalue weighted by Crippen LogP contribution is -2.12. The summed E-state index contributed by atoms with van der Waals surface area (Å²) in [4.78, 5) is 23.2. The number of benzene rings is 2. The summed E-state index contributed by atoms with van der Waals surface area (Å²) in [6.07, 6.45) is 0. The van der Waals surface area contributed by atoms with Crippen LogP contribution in [-0.4, -0.2) is 38.1 Å². The molecule has 0 spiro atoms. The first kappa shape index (κ1) is 17.9. The van der Waals surface area contributed by atoms with Gasteiger partial charge in [0.05, 0.1) is 24.3 Å². The molecule has 0 saturated carbocycles. The molecule has 0 amide bonds. The Bertz CT molecular complexity index is 900. The molecule has 24 heavy (non-hydrogen) atoms. The van der Waals surface area contributed by atoms with E-state index in [1.165, 1.54) is 30.3 Å². The molecule has 0 heterocycles. The van der Waals surface area contributed by atoms with Gasteiger partial charge in [0.1, 0.15) is 4.90 Å². The molecule has 8 heteroatoms. The van der Waals surface area contributed by atoms with Gasteiger partial charge in [-0.25, -0.2) is 9.59 Å². The van der Waals surface area contributed by atoms with Crippen LogP contribution >= 0.6 is 0 Å². The summed E-state index contributed by atoms with van der Waals surface area (Å²) in [7, 11) is -4.68. The largest absolute Gasteiger partial charge is 0.462 e. The Labute approximate surface area is 138 Å². The molecule has 0 radical (unpaired) electrons. The van der Waals surface area contributed by atoms with Gasteiger partial charge in [0.25, 0.3) is 10.1 Å². The number of carbonyl (C=O) groups excluding carboxylic acids is 2. The molecular weight excluding hydrogens is 336 g/mol. The number of rotatable bonds is 5. The van der Waals surface area contributed by atoms with Crippen LogP contribution < -0.4 is 0 Å². The standard InChI is InChI=1S/C16H16O7S/c1-3-22-15(17)11-6-7-12-10(9-11)5-8-13(16(18)23-4-2)14(12)24(19,20)21/h5-9H,3-4H2,1-2H3,(H,19,20,21). The maximum Gasteiger partial charge on any atom is 0.339 e. The van der Waals surface area contributed by atoms with Crippen molar-refractivity contribution in [2.24, 2.45) is 0 Å². The molecular formula is C16H16O7S. The van der Waals surface area contributed by atoms with Crippen LogP contribution in [0.4, 0.5) is 0 Å². The zero-order chi connectivity index (χ0) is 17.9. The van der Waals surface area contributed by atoms with E-state index in [4.69, 9.17) is 9.47 Å². The second-order valence-electron chi connectivity index (χ2n) is 4.79. The van der Waals surface area contributed by atoms with E-state index >= 15 is 0 Å². The van der Waals surface area contributed by atoms with Gasteiger partial charge in [0.2, 0.25) is 0 Å². The van der Waals surface area contributed by atoms with Gasteiger partial charge >= 0.3 is 11.9 Å². The van der Waals surface area contributed by atoms with Crippen molar-refractivity contribution >= 4 is 32.8 Å². The van der Waals surface area contributed by atoms with Crippen LogP contribution in [0.1, 0.15) is 34.6 Å². The van der Waals surface area contributed by atoms with E-state index in [1.807, 2.05) is 0 Å². The van der Waals surface area contributed by atoms with E-state index in [-0.39, 0.29) is 29.7 Å². The first-order valence-corrected chi connectivity index (χ1v) is 8.62. The van der Waals surface area contributed by atoms with Crippen molar-refractivity contribution in [1.29, 1.82) is 0 Å². The number of hydrogen-bond donors (Lipinski definition) is 1. The minimum Gasteiger partial charge on any atom is -0.462 e. The maximum absolute atomic E-state index is 11.9. The predicted molar refractivity (Wildman–Crippen MR) is 85.7 cm³/mol. The highest BCUT2D eigenvalue weighted by atomic mass is 32.2. The van der Waals surface area contributed by atoms with Crippen molar-refractivity contribution in [1.82, 2.24) is 0 Å². The molecule has 0 aromatic heterocycles. The van der Waals surface area contributed by atoms with E-state index in [0.717, 1.165) is 0 Å². The van der Waals surface area contributed by atoms with E-state index in [0.29, 0.717) is 5.39 Å². The molecule has 0 unspecified atom stereocenters. The van der Waals surface area contributed by atoms with E-state index < -0.39 is 27.0 Å². The molecule has 2 rings (SSSR count). The first-order valence-electron chi connectivity index (χ1n) is 7.18. The maximum atomic E-state index is 11.9. The van der Waals surface area contributed by atoms with Gasteiger partial charge in [0.15, 0.2) is 0 Å². The number of fused-ring (bicyclic) bond motifs is 1. The topological polar surface area (TPSA) is 107 Å². The second kappa shape index (κ2) is 6.98. The highest BCUT2D eigenvalue weighted by Crippen LogP contribution is 2.28. The van der Waals surface area contributed by atoms with Crippen LogP contribution in [0.25, 0.3) is 10.8 Å². The normalized spacial score (nSPS) is 11.3. The highest BCUT2D eigenvalue weighted by molar-refractivity contribution is 7.86. The Kier molecular flexibility index (Phi) is 5.20. The number of esters is 2. The third kappa shape index (κ3) is 3.55.